The number of aromatic hydroxyl groups is 1. The molecule has 0 spiro atoms. The van der Waals surface area contributed by atoms with E-state index >= 15 is 0 Å². The van der Waals surface area contributed by atoms with Gasteiger partial charge in [0.1, 0.15) is 5.75 Å². The van der Waals surface area contributed by atoms with Gasteiger partial charge in [-0.05, 0) is 69.1 Å². The lowest BCUT2D eigenvalue weighted by Crippen LogP contribution is -2.19. The van der Waals surface area contributed by atoms with Gasteiger partial charge < -0.3 is 5.11 Å². The summed E-state index contributed by atoms with van der Waals surface area (Å²) in [5.41, 5.74) is 3.94. The molecule has 0 bridgehead atoms. The molecule has 2 aromatic carbocycles. The second-order valence-corrected chi connectivity index (χ2v) is 8.09. The highest BCUT2D eigenvalue weighted by Gasteiger charge is 2.12. The molecule has 0 fully saturated rings. The second-order valence-electron chi connectivity index (χ2n) is 4.55. The minimum atomic E-state index is -0.350. The summed E-state index contributed by atoms with van der Waals surface area (Å²) < 4.78 is 2.85. The van der Waals surface area contributed by atoms with E-state index in [0.29, 0.717) is 25.8 Å². The molecule has 0 saturated carbocycles. The smallest absolute Gasteiger partial charge is 0.272 e. The lowest BCUT2D eigenvalue weighted by Gasteiger charge is -2.08. The standard InChI is InChI=1S/C15H10Br4N2O2/c1-7(11-4-9(17)6-13(19)14(11)22)20-21-15(23)10-3-2-8(16)5-12(10)18/h2-6,22H,1H3,(H,21,23)/b20-7+. The molecule has 0 aliphatic rings. The number of halogens is 4. The molecular weight excluding hydrogens is 560 g/mol. The van der Waals surface area contributed by atoms with Gasteiger partial charge in [-0.3, -0.25) is 4.79 Å². The minimum absolute atomic E-state index is 0.0634. The molecule has 0 aliphatic carbocycles. The van der Waals surface area contributed by atoms with Crippen molar-refractivity contribution in [3.63, 3.8) is 0 Å². The van der Waals surface area contributed by atoms with Crippen molar-refractivity contribution in [1.29, 1.82) is 0 Å². The highest BCUT2D eigenvalue weighted by molar-refractivity contribution is 9.11. The van der Waals surface area contributed by atoms with Gasteiger partial charge in [0.25, 0.3) is 5.91 Å². The molecule has 0 saturated heterocycles. The molecular formula is C15H10Br4N2O2. The normalized spacial score (nSPS) is 11.4. The van der Waals surface area contributed by atoms with Gasteiger partial charge in [0.15, 0.2) is 0 Å². The molecule has 0 aliphatic heterocycles. The van der Waals surface area contributed by atoms with Gasteiger partial charge in [0, 0.05) is 19.0 Å². The second kappa shape index (κ2) is 7.92. The number of hydrogen-bond acceptors (Lipinski definition) is 3. The van der Waals surface area contributed by atoms with Crippen molar-refractivity contribution in [1.82, 2.24) is 5.43 Å². The Hall–Kier alpha value is -0.700. The van der Waals surface area contributed by atoms with E-state index in [0.717, 1.165) is 8.95 Å². The minimum Gasteiger partial charge on any atom is -0.506 e. The largest absolute Gasteiger partial charge is 0.506 e. The molecule has 23 heavy (non-hydrogen) atoms. The van der Waals surface area contributed by atoms with E-state index in [1.165, 1.54) is 0 Å². The number of benzene rings is 2. The maximum absolute atomic E-state index is 12.2. The van der Waals surface area contributed by atoms with E-state index in [-0.39, 0.29) is 11.7 Å². The van der Waals surface area contributed by atoms with E-state index < -0.39 is 0 Å². The third-order valence-electron chi connectivity index (χ3n) is 2.92. The van der Waals surface area contributed by atoms with Gasteiger partial charge in [-0.25, -0.2) is 5.43 Å². The van der Waals surface area contributed by atoms with Crippen molar-refractivity contribution < 1.29 is 9.90 Å². The predicted octanol–water partition coefficient (Wildman–Crippen LogP) is 5.60. The Labute approximate surface area is 166 Å². The van der Waals surface area contributed by atoms with Crippen LogP contribution in [0.25, 0.3) is 0 Å². The van der Waals surface area contributed by atoms with Gasteiger partial charge in [-0.1, -0.05) is 31.9 Å². The first kappa shape index (κ1) is 18.6. The molecule has 0 aromatic heterocycles. The number of phenolic OH excluding ortho intramolecular Hbond substituents is 1. The molecule has 2 aromatic rings. The van der Waals surface area contributed by atoms with Gasteiger partial charge in [0.05, 0.1) is 15.7 Å². The van der Waals surface area contributed by atoms with Crippen molar-refractivity contribution in [2.75, 3.05) is 0 Å². The van der Waals surface area contributed by atoms with Crippen LogP contribution < -0.4 is 5.43 Å². The van der Waals surface area contributed by atoms with E-state index in [1.807, 2.05) is 0 Å². The highest BCUT2D eigenvalue weighted by Crippen LogP contribution is 2.32. The number of carbonyl (C=O) groups is 1. The van der Waals surface area contributed by atoms with Crippen LogP contribution >= 0.6 is 63.7 Å². The predicted molar refractivity (Wildman–Crippen MR) is 105 cm³/mol. The molecule has 2 rings (SSSR count). The quantitative estimate of drug-likeness (QED) is 0.374. The molecule has 120 valence electrons. The van der Waals surface area contributed by atoms with Gasteiger partial charge in [-0.2, -0.15) is 5.10 Å². The number of hydrazone groups is 1. The maximum atomic E-state index is 12.2. The Morgan fingerprint density at radius 1 is 1.00 bits per heavy atom. The summed E-state index contributed by atoms with van der Waals surface area (Å²) >= 11 is 13.3. The summed E-state index contributed by atoms with van der Waals surface area (Å²) in [6.45, 7) is 1.70. The first-order chi connectivity index (χ1) is 10.8. The summed E-state index contributed by atoms with van der Waals surface area (Å²) in [6.07, 6.45) is 0. The van der Waals surface area contributed by atoms with Crippen LogP contribution in [0, 0.1) is 0 Å². The van der Waals surface area contributed by atoms with Gasteiger partial charge in [0.2, 0.25) is 0 Å². The zero-order chi connectivity index (χ0) is 17.1. The molecule has 2 N–H and O–H groups in total. The number of hydrogen-bond donors (Lipinski definition) is 2. The maximum Gasteiger partial charge on any atom is 0.272 e. The first-order valence-electron chi connectivity index (χ1n) is 6.27. The number of amides is 1. The monoisotopic (exact) mass is 566 g/mol. The van der Waals surface area contributed by atoms with Crippen molar-refractivity contribution in [2.45, 2.75) is 6.92 Å². The van der Waals surface area contributed by atoms with Crippen LogP contribution in [0.2, 0.25) is 0 Å². The van der Waals surface area contributed by atoms with Crippen LogP contribution in [0.5, 0.6) is 5.75 Å². The third kappa shape index (κ3) is 4.65. The topological polar surface area (TPSA) is 61.7 Å². The molecule has 0 unspecified atom stereocenters. The molecule has 0 heterocycles. The van der Waals surface area contributed by atoms with Crippen molar-refractivity contribution >= 4 is 75.3 Å². The Bertz CT molecular complexity index is 806. The fourth-order valence-corrected chi connectivity index (χ4v) is 4.22. The molecule has 1 amide bonds. The Morgan fingerprint density at radius 3 is 2.30 bits per heavy atom. The SMILES string of the molecule is C/C(=N\NC(=O)c1ccc(Br)cc1Br)c1cc(Br)cc(Br)c1O. The zero-order valence-corrected chi connectivity index (χ0v) is 18.0. The Balaban J connectivity index is 2.24. The number of nitrogens with one attached hydrogen (secondary N) is 1. The van der Waals surface area contributed by atoms with Gasteiger partial charge >= 0.3 is 0 Å². The molecule has 8 heteroatoms. The van der Waals surface area contributed by atoms with Crippen molar-refractivity contribution in [3.05, 3.63) is 59.3 Å². The number of rotatable bonds is 3. The third-order valence-corrected chi connectivity index (χ3v) is 5.13. The summed E-state index contributed by atoms with van der Waals surface area (Å²) in [6, 6.07) is 8.68. The van der Waals surface area contributed by atoms with Crippen molar-refractivity contribution in [3.8, 4) is 5.75 Å². The van der Waals surface area contributed by atoms with Crippen molar-refractivity contribution in [2.24, 2.45) is 5.10 Å². The first-order valence-corrected chi connectivity index (χ1v) is 9.45. The van der Waals surface area contributed by atoms with E-state index in [9.17, 15) is 9.90 Å². The summed E-state index contributed by atoms with van der Waals surface area (Å²) in [4.78, 5) is 12.2. The molecule has 4 nitrogen and oxygen atoms in total. The van der Waals surface area contributed by atoms with Crippen LogP contribution in [0.15, 0.2) is 53.3 Å². The van der Waals surface area contributed by atoms with E-state index in [2.05, 4.69) is 74.2 Å². The summed E-state index contributed by atoms with van der Waals surface area (Å²) in [5, 5.41) is 14.1. The number of carbonyl (C=O) groups excluding carboxylic acids is 1. The van der Waals surface area contributed by atoms with Crippen LogP contribution in [0.1, 0.15) is 22.8 Å². The average molecular weight is 570 g/mol. The summed E-state index contributed by atoms with van der Waals surface area (Å²) in [7, 11) is 0. The number of nitrogens with zero attached hydrogens (tertiary/aromatic N) is 1. The highest BCUT2D eigenvalue weighted by atomic mass is 79.9. The van der Waals surface area contributed by atoms with Gasteiger partial charge in [-0.15, -0.1) is 0 Å². The van der Waals surface area contributed by atoms with Crippen LogP contribution in [0.3, 0.4) is 0 Å². The zero-order valence-electron chi connectivity index (χ0n) is 11.7. The number of phenols is 1. The lowest BCUT2D eigenvalue weighted by atomic mass is 10.1. The lowest BCUT2D eigenvalue weighted by molar-refractivity contribution is 0.0954. The van der Waals surface area contributed by atoms with Crippen LogP contribution in [-0.2, 0) is 0 Å². The fraction of sp³-hybridized carbons (Fsp3) is 0.0667. The van der Waals surface area contributed by atoms with Crippen LogP contribution in [-0.4, -0.2) is 16.7 Å². The van der Waals surface area contributed by atoms with E-state index in [4.69, 9.17) is 0 Å². The average Bonchev–Trinajstić information content (AvgIpc) is 2.48. The Morgan fingerprint density at radius 2 is 1.65 bits per heavy atom. The summed E-state index contributed by atoms with van der Waals surface area (Å²) in [5.74, 6) is -0.286. The Kier molecular flexibility index (Phi) is 6.41. The fourth-order valence-electron chi connectivity index (χ4n) is 1.77. The van der Waals surface area contributed by atoms with E-state index in [1.54, 1.807) is 37.3 Å². The molecule has 0 atom stereocenters. The van der Waals surface area contributed by atoms with Crippen LogP contribution in [0.4, 0.5) is 0 Å². The molecule has 0 radical (unpaired) electrons.